The molecule has 1 N–H and O–H groups in total. The monoisotopic (exact) mass is 393 g/mol. The number of carboxylic acid groups (broad SMARTS) is 1. The van der Waals surface area contributed by atoms with Crippen molar-refractivity contribution in [3.05, 3.63) is 82.0 Å². The lowest BCUT2D eigenvalue weighted by Crippen LogP contribution is -2.36. The molecule has 0 bridgehead atoms. The van der Waals surface area contributed by atoms with E-state index in [1.807, 2.05) is 36.4 Å². The molecule has 0 radical (unpaired) electrons. The van der Waals surface area contributed by atoms with Crippen LogP contribution < -0.4 is 0 Å². The first-order valence-electron chi connectivity index (χ1n) is 8.92. The van der Waals surface area contributed by atoms with Crippen LogP contribution in [0.2, 0.25) is 0 Å². The van der Waals surface area contributed by atoms with E-state index in [2.05, 4.69) is 12.1 Å². The van der Waals surface area contributed by atoms with Gasteiger partial charge in [-0.3, -0.25) is 4.90 Å². The number of fused-ring (bicyclic) bond motifs is 3. The number of benzene rings is 2. The van der Waals surface area contributed by atoms with Crippen LogP contribution in [0.15, 0.2) is 66.0 Å². The number of nitrogens with zero attached hydrogens (tertiary/aromatic N) is 1. The first-order valence-corrected chi connectivity index (χ1v) is 9.80. The van der Waals surface area contributed by atoms with Gasteiger partial charge in [0.1, 0.15) is 6.61 Å². The average molecular weight is 393 g/mol. The standard InChI is InChI=1S/C22H19NO4S/c1-23(20(21(24)25)19-11-6-12-28-19)22(26)27-13-18-16-9-4-2-7-14(16)15-8-3-5-10-17(15)18/h2-12,18,20H,13H2,1H3,(H,24,25). The van der Waals surface area contributed by atoms with E-state index in [4.69, 9.17) is 4.74 Å². The molecule has 6 heteroatoms. The van der Waals surface area contributed by atoms with Crippen LogP contribution in [0.3, 0.4) is 0 Å². The number of amides is 1. The highest BCUT2D eigenvalue weighted by atomic mass is 32.1. The third-order valence-corrected chi connectivity index (χ3v) is 5.98. The topological polar surface area (TPSA) is 66.8 Å². The second kappa shape index (κ2) is 7.48. The Bertz CT molecular complexity index is 969. The molecule has 0 aliphatic heterocycles. The Hall–Kier alpha value is -3.12. The summed E-state index contributed by atoms with van der Waals surface area (Å²) in [4.78, 5) is 26.0. The molecule has 142 valence electrons. The number of likely N-dealkylation sites (N-methyl/N-ethyl adjacent to an activating group) is 1. The largest absolute Gasteiger partial charge is 0.479 e. The lowest BCUT2D eigenvalue weighted by molar-refractivity contribution is -0.142. The molecule has 4 rings (SSSR count). The van der Waals surface area contributed by atoms with Crippen LogP contribution in [-0.4, -0.2) is 35.7 Å². The minimum absolute atomic E-state index is 0.0604. The number of carboxylic acids is 1. The van der Waals surface area contributed by atoms with Gasteiger partial charge in [0.2, 0.25) is 0 Å². The molecule has 0 saturated heterocycles. The third-order valence-electron chi connectivity index (χ3n) is 5.06. The Kier molecular flexibility index (Phi) is 4.88. The second-order valence-electron chi connectivity index (χ2n) is 6.67. The summed E-state index contributed by atoms with van der Waals surface area (Å²) in [6, 6.07) is 18.6. The van der Waals surface area contributed by atoms with Crippen molar-refractivity contribution >= 4 is 23.4 Å². The number of aliphatic carboxylic acids is 1. The summed E-state index contributed by atoms with van der Waals surface area (Å²) < 4.78 is 5.56. The summed E-state index contributed by atoms with van der Waals surface area (Å²) in [5, 5.41) is 11.4. The number of carbonyl (C=O) groups is 2. The molecule has 1 atom stereocenters. The summed E-state index contributed by atoms with van der Waals surface area (Å²) in [7, 11) is 1.46. The maximum atomic E-state index is 12.6. The fourth-order valence-electron chi connectivity index (χ4n) is 3.73. The lowest BCUT2D eigenvalue weighted by atomic mass is 9.98. The predicted octanol–water partition coefficient (Wildman–Crippen LogP) is 4.75. The summed E-state index contributed by atoms with van der Waals surface area (Å²) in [6.07, 6.45) is -0.650. The molecule has 0 fully saturated rings. The molecule has 1 aliphatic carbocycles. The van der Waals surface area contributed by atoms with Crippen LogP contribution in [0.4, 0.5) is 4.79 Å². The highest BCUT2D eigenvalue weighted by molar-refractivity contribution is 7.10. The van der Waals surface area contributed by atoms with Gasteiger partial charge in [-0.25, -0.2) is 9.59 Å². The molecule has 1 unspecified atom stereocenters. The van der Waals surface area contributed by atoms with Gasteiger partial charge in [0.05, 0.1) is 0 Å². The quantitative estimate of drug-likeness (QED) is 0.679. The van der Waals surface area contributed by atoms with E-state index in [0.29, 0.717) is 4.88 Å². The molecule has 1 heterocycles. The van der Waals surface area contributed by atoms with Gasteiger partial charge in [0.25, 0.3) is 0 Å². The van der Waals surface area contributed by atoms with Gasteiger partial charge < -0.3 is 9.84 Å². The number of rotatable bonds is 5. The summed E-state index contributed by atoms with van der Waals surface area (Å²) >= 11 is 1.30. The maximum absolute atomic E-state index is 12.6. The van der Waals surface area contributed by atoms with Gasteiger partial charge in [0, 0.05) is 17.8 Å². The van der Waals surface area contributed by atoms with Crippen LogP contribution in [0, 0.1) is 0 Å². The Morgan fingerprint density at radius 2 is 1.64 bits per heavy atom. The minimum atomic E-state index is -1.08. The Morgan fingerprint density at radius 1 is 1.04 bits per heavy atom. The number of hydrogen-bond acceptors (Lipinski definition) is 4. The van der Waals surface area contributed by atoms with Crippen molar-refractivity contribution in [2.24, 2.45) is 0 Å². The van der Waals surface area contributed by atoms with E-state index in [9.17, 15) is 14.7 Å². The fourth-order valence-corrected chi connectivity index (χ4v) is 4.59. The molecule has 0 saturated carbocycles. The second-order valence-corrected chi connectivity index (χ2v) is 7.65. The highest BCUT2D eigenvalue weighted by Gasteiger charge is 2.33. The molecular formula is C22H19NO4S. The van der Waals surface area contributed by atoms with Crippen molar-refractivity contribution in [3.8, 4) is 11.1 Å². The van der Waals surface area contributed by atoms with E-state index in [-0.39, 0.29) is 12.5 Å². The van der Waals surface area contributed by atoms with Crippen LogP contribution in [-0.2, 0) is 9.53 Å². The van der Waals surface area contributed by atoms with E-state index in [1.165, 1.54) is 18.4 Å². The normalized spacial score (nSPS) is 13.5. The number of hydrogen-bond donors (Lipinski definition) is 1. The van der Waals surface area contributed by atoms with Crippen molar-refractivity contribution in [1.29, 1.82) is 0 Å². The summed E-state index contributed by atoms with van der Waals surface area (Å²) in [6.45, 7) is 0.161. The first-order chi connectivity index (χ1) is 13.6. The van der Waals surface area contributed by atoms with E-state index in [1.54, 1.807) is 17.5 Å². The SMILES string of the molecule is CN(C(=O)OCC1c2ccccc2-c2ccccc21)C(C(=O)O)c1cccs1. The molecule has 2 aromatic carbocycles. The number of carbonyl (C=O) groups excluding carboxylic acids is 1. The summed E-state index contributed by atoms with van der Waals surface area (Å²) in [5.41, 5.74) is 4.53. The molecular weight excluding hydrogens is 374 g/mol. The zero-order valence-electron chi connectivity index (χ0n) is 15.2. The molecule has 1 aliphatic rings. The summed E-state index contributed by atoms with van der Waals surface area (Å²) in [5.74, 6) is -1.15. The van der Waals surface area contributed by atoms with E-state index in [0.717, 1.165) is 27.2 Å². The molecule has 5 nitrogen and oxygen atoms in total. The van der Waals surface area contributed by atoms with Crippen LogP contribution in [0.5, 0.6) is 0 Å². The van der Waals surface area contributed by atoms with Gasteiger partial charge in [-0.05, 0) is 33.7 Å². The highest BCUT2D eigenvalue weighted by Crippen LogP contribution is 2.44. The van der Waals surface area contributed by atoms with Crippen molar-refractivity contribution < 1.29 is 19.4 Å². The Balaban J connectivity index is 1.53. The Morgan fingerprint density at radius 3 is 2.18 bits per heavy atom. The molecule has 1 amide bonds. The predicted molar refractivity (Wildman–Crippen MR) is 108 cm³/mol. The number of thiophene rings is 1. The average Bonchev–Trinajstić information content (AvgIpc) is 3.32. The Labute approximate surface area is 166 Å². The maximum Gasteiger partial charge on any atom is 0.410 e. The lowest BCUT2D eigenvalue weighted by Gasteiger charge is -2.24. The van der Waals surface area contributed by atoms with Crippen LogP contribution >= 0.6 is 11.3 Å². The molecule has 28 heavy (non-hydrogen) atoms. The van der Waals surface area contributed by atoms with Crippen molar-refractivity contribution in [3.63, 3.8) is 0 Å². The molecule has 1 aromatic heterocycles. The first kappa shape index (κ1) is 18.3. The van der Waals surface area contributed by atoms with E-state index < -0.39 is 18.1 Å². The van der Waals surface area contributed by atoms with Crippen LogP contribution in [0.25, 0.3) is 11.1 Å². The van der Waals surface area contributed by atoms with Crippen molar-refractivity contribution in [1.82, 2.24) is 4.90 Å². The van der Waals surface area contributed by atoms with Gasteiger partial charge >= 0.3 is 12.1 Å². The van der Waals surface area contributed by atoms with Crippen LogP contribution in [0.1, 0.15) is 28.0 Å². The molecule has 0 spiro atoms. The number of ether oxygens (including phenoxy) is 1. The third kappa shape index (κ3) is 3.16. The van der Waals surface area contributed by atoms with Gasteiger partial charge in [0.15, 0.2) is 6.04 Å². The smallest absolute Gasteiger partial charge is 0.410 e. The fraction of sp³-hybridized carbons (Fsp3) is 0.182. The van der Waals surface area contributed by atoms with E-state index >= 15 is 0 Å². The minimum Gasteiger partial charge on any atom is -0.479 e. The van der Waals surface area contributed by atoms with Crippen molar-refractivity contribution in [2.75, 3.05) is 13.7 Å². The van der Waals surface area contributed by atoms with Gasteiger partial charge in [-0.1, -0.05) is 54.6 Å². The van der Waals surface area contributed by atoms with Gasteiger partial charge in [-0.2, -0.15) is 0 Å². The zero-order valence-corrected chi connectivity index (χ0v) is 16.1. The van der Waals surface area contributed by atoms with Gasteiger partial charge in [-0.15, -0.1) is 11.3 Å². The zero-order chi connectivity index (χ0) is 19.7. The molecule has 3 aromatic rings. The van der Waals surface area contributed by atoms with Crippen molar-refractivity contribution in [2.45, 2.75) is 12.0 Å².